The summed E-state index contributed by atoms with van der Waals surface area (Å²) in [6.45, 7) is 4.17. The first-order valence-electron chi connectivity index (χ1n) is 5.70. The fraction of sp³-hybridized carbons (Fsp3) is 0.818. The Balaban J connectivity index is 3.96. The van der Waals surface area contributed by atoms with Crippen molar-refractivity contribution in [3.05, 3.63) is 0 Å². The Morgan fingerprint density at radius 3 is 2.38 bits per heavy atom. The van der Waals surface area contributed by atoms with Gasteiger partial charge in [-0.3, -0.25) is 4.79 Å². The van der Waals surface area contributed by atoms with Crippen LogP contribution in [0.2, 0.25) is 0 Å². The zero-order chi connectivity index (χ0) is 12.4. The summed E-state index contributed by atoms with van der Waals surface area (Å²) >= 11 is 3.33. The van der Waals surface area contributed by atoms with Crippen molar-refractivity contribution >= 4 is 27.9 Å². The number of halogens is 1. The summed E-state index contributed by atoms with van der Waals surface area (Å²) in [4.78, 5) is 24.2. The van der Waals surface area contributed by atoms with Gasteiger partial charge < -0.3 is 4.74 Å². The second-order valence-corrected chi connectivity index (χ2v) is 4.13. The number of carbonyl (C=O) groups is 2. The Bertz CT molecular complexity index is 221. The van der Waals surface area contributed by atoms with Crippen molar-refractivity contribution in [2.75, 3.05) is 18.5 Å². The summed E-state index contributed by atoms with van der Waals surface area (Å²) in [5.74, 6) is -0.143. The summed E-state index contributed by atoms with van der Waals surface area (Å²) in [5.41, 5.74) is 0. The standard InChI is InChI=1S/C11H20BrNO3/c1-3-13(11(15)16-4-2)10(14)8-6-5-7-9-12/h3-9H2,1-2H3. The second-order valence-electron chi connectivity index (χ2n) is 3.34. The topological polar surface area (TPSA) is 46.6 Å². The number of carbonyl (C=O) groups excluding carboxylic acids is 2. The highest BCUT2D eigenvalue weighted by Crippen LogP contribution is 2.06. The quantitative estimate of drug-likeness (QED) is 0.536. The van der Waals surface area contributed by atoms with Crippen molar-refractivity contribution in [2.24, 2.45) is 0 Å². The van der Waals surface area contributed by atoms with E-state index in [0.29, 0.717) is 19.6 Å². The van der Waals surface area contributed by atoms with Crippen LogP contribution in [0.3, 0.4) is 0 Å². The Hall–Kier alpha value is -0.580. The molecule has 5 heteroatoms. The van der Waals surface area contributed by atoms with Gasteiger partial charge in [-0.1, -0.05) is 22.4 Å². The van der Waals surface area contributed by atoms with Gasteiger partial charge >= 0.3 is 6.09 Å². The third-order valence-corrected chi connectivity index (χ3v) is 2.69. The normalized spacial score (nSPS) is 9.94. The summed E-state index contributed by atoms with van der Waals surface area (Å²) < 4.78 is 4.80. The van der Waals surface area contributed by atoms with Gasteiger partial charge in [-0.2, -0.15) is 0 Å². The van der Waals surface area contributed by atoms with Crippen molar-refractivity contribution in [1.82, 2.24) is 4.90 Å². The van der Waals surface area contributed by atoms with Crippen LogP contribution in [0.15, 0.2) is 0 Å². The third-order valence-electron chi connectivity index (χ3n) is 2.13. The van der Waals surface area contributed by atoms with Crippen molar-refractivity contribution in [1.29, 1.82) is 0 Å². The zero-order valence-electron chi connectivity index (χ0n) is 10.00. The number of amides is 2. The van der Waals surface area contributed by atoms with E-state index in [1.165, 1.54) is 0 Å². The van der Waals surface area contributed by atoms with E-state index in [9.17, 15) is 9.59 Å². The number of hydrogen-bond acceptors (Lipinski definition) is 3. The van der Waals surface area contributed by atoms with E-state index >= 15 is 0 Å². The van der Waals surface area contributed by atoms with E-state index in [4.69, 9.17) is 4.74 Å². The molecule has 16 heavy (non-hydrogen) atoms. The maximum atomic E-state index is 11.7. The molecule has 0 saturated carbocycles. The summed E-state index contributed by atoms with van der Waals surface area (Å²) in [7, 11) is 0. The predicted octanol–water partition coefficient (Wildman–Crippen LogP) is 2.95. The van der Waals surface area contributed by atoms with Crippen LogP contribution in [0.25, 0.3) is 0 Å². The second kappa shape index (κ2) is 9.63. The smallest absolute Gasteiger partial charge is 0.416 e. The van der Waals surface area contributed by atoms with Crippen molar-refractivity contribution < 1.29 is 14.3 Å². The highest BCUT2D eigenvalue weighted by atomic mass is 79.9. The lowest BCUT2D eigenvalue weighted by molar-refractivity contribution is -0.129. The molecule has 0 aromatic rings. The molecule has 0 bridgehead atoms. The molecule has 0 aliphatic carbocycles. The first-order chi connectivity index (χ1) is 7.67. The monoisotopic (exact) mass is 293 g/mol. The minimum atomic E-state index is -0.532. The maximum Gasteiger partial charge on any atom is 0.416 e. The molecule has 0 aliphatic rings. The third kappa shape index (κ3) is 6.10. The Morgan fingerprint density at radius 2 is 1.88 bits per heavy atom. The van der Waals surface area contributed by atoms with Crippen LogP contribution < -0.4 is 0 Å². The highest BCUT2D eigenvalue weighted by Gasteiger charge is 2.19. The lowest BCUT2D eigenvalue weighted by Gasteiger charge is -2.17. The van der Waals surface area contributed by atoms with E-state index in [1.807, 2.05) is 0 Å². The van der Waals surface area contributed by atoms with Gasteiger partial charge in [0.05, 0.1) is 6.61 Å². The first-order valence-corrected chi connectivity index (χ1v) is 6.82. The molecule has 2 amide bonds. The predicted molar refractivity (Wildman–Crippen MR) is 66.7 cm³/mol. The Morgan fingerprint density at radius 1 is 1.19 bits per heavy atom. The number of hydrogen-bond donors (Lipinski definition) is 0. The van der Waals surface area contributed by atoms with Gasteiger partial charge in [-0.05, 0) is 26.7 Å². The number of ether oxygens (including phenoxy) is 1. The SMILES string of the molecule is CCOC(=O)N(CC)C(=O)CCCCCBr. The Labute approximate surface area is 105 Å². The van der Waals surface area contributed by atoms with Crippen LogP contribution in [0.5, 0.6) is 0 Å². The van der Waals surface area contributed by atoms with Crippen LogP contribution in [-0.4, -0.2) is 35.4 Å². The molecule has 0 radical (unpaired) electrons. The minimum Gasteiger partial charge on any atom is -0.449 e. The summed E-state index contributed by atoms with van der Waals surface area (Å²) in [6.07, 6.45) is 2.76. The number of nitrogens with zero attached hydrogens (tertiary/aromatic N) is 1. The fourth-order valence-electron chi connectivity index (χ4n) is 1.29. The van der Waals surface area contributed by atoms with Gasteiger partial charge in [0, 0.05) is 18.3 Å². The van der Waals surface area contributed by atoms with Gasteiger partial charge in [0.2, 0.25) is 5.91 Å². The zero-order valence-corrected chi connectivity index (χ0v) is 11.6. The molecular weight excluding hydrogens is 274 g/mol. The van der Waals surface area contributed by atoms with E-state index in [0.717, 1.165) is 29.5 Å². The lowest BCUT2D eigenvalue weighted by atomic mass is 10.2. The summed E-state index contributed by atoms with van der Waals surface area (Å²) in [6, 6.07) is 0. The molecule has 0 fully saturated rings. The van der Waals surface area contributed by atoms with E-state index < -0.39 is 6.09 Å². The van der Waals surface area contributed by atoms with Gasteiger partial charge in [0.1, 0.15) is 0 Å². The molecule has 94 valence electrons. The van der Waals surface area contributed by atoms with Crippen LogP contribution >= 0.6 is 15.9 Å². The van der Waals surface area contributed by atoms with E-state index in [1.54, 1.807) is 13.8 Å². The number of imide groups is 1. The largest absolute Gasteiger partial charge is 0.449 e. The molecule has 0 saturated heterocycles. The molecule has 4 nitrogen and oxygen atoms in total. The fourth-order valence-corrected chi connectivity index (χ4v) is 1.69. The average molecular weight is 294 g/mol. The maximum absolute atomic E-state index is 11.7. The molecule has 0 spiro atoms. The van der Waals surface area contributed by atoms with Gasteiger partial charge in [0.15, 0.2) is 0 Å². The van der Waals surface area contributed by atoms with Crippen LogP contribution in [0.1, 0.15) is 39.5 Å². The lowest BCUT2D eigenvalue weighted by Crippen LogP contribution is -2.37. The molecule has 0 aromatic heterocycles. The molecular formula is C11H20BrNO3. The van der Waals surface area contributed by atoms with Crippen LogP contribution in [-0.2, 0) is 9.53 Å². The molecule has 0 atom stereocenters. The Kier molecular flexibility index (Phi) is 9.28. The van der Waals surface area contributed by atoms with Crippen molar-refractivity contribution in [3.8, 4) is 0 Å². The van der Waals surface area contributed by atoms with Crippen LogP contribution in [0.4, 0.5) is 4.79 Å². The molecule has 0 rings (SSSR count). The van der Waals surface area contributed by atoms with Crippen LogP contribution in [0, 0.1) is 0 Å². The average Bonchev–Trinajstić information content (AvgIpc) is 2.26. The van der Waals surface area contributed by atoms with E-state index in [2.05, 4.69) is 15.9 Å². The minimum absolute atomic E-state index is 0.143. The van der Waals surface area contributed by atoms with Gasteiger partial charge in [-0.25, -0.2) is 9.69 Å². The number of alkyl halides is 1. The molecule has 0 aliphatic heterocycles. The first kappa shape index (κ1) is 15.4. The molecule has 0 heterocycles. The van der Waals surface area contributed by atoms with Crippen molar-refractivity contribution in [2.45, 2.75) is 39.5 Å². The van der Waals surface area contributed by atoms with E-state index in [-0.39, 0.29) is 5.91 Å². The molecule has 0 aromatic carbocycles. The van der Waals surface area contributed by atoms with Crippen molar-refractivity contribution in [3.63, 3.8) is 0 Å². The summed E-state index contributed by atoms with van der Waals surface area (Å²) in [5, 5.41) is 0.955. The van der Waals surface area contributed by atoms with Gasteiger partial charge in [-0.15, -0.1) is 0 Å². The number of rotatable bonds is 7. The van der Waals surface area contributed by atoms with Gasteiger partial charge in [0.25, 0.3) is 0 Å². The highest BCUT2D eigenvalue weighted by molar-refractivity contribution is 9.09. The molecule has 0 N–H and O–H groups in total. The molecule has 0 unspecified atom stereocenters. The number of unbranched alkanes of at least 4 members (excludes halogenated alkanes) is 2.